The number of rotatable bonds is 8. The Morgan fingerprint density at radius 1 is 1.03 bits per heavy atom. The lowest BCUT2D eigenvalue weighted by Gasteiger charge is -2.32. The van der Waals surface area contributed by atoms with Crippen LogP contribution in [0.3, 0.4) is 0 Å². The summed E-state index contributed by atoms with van der Waals surface area (Å²) in [5, 5.41) is 2.58. The van der Waals surface area contributed by atoms with Gasteiger partial charge in [-0.1, -0.05) is 36.4 Å². The molecule has 32 heavy (non-hydrogen) atoms. The second-order valence-electron chi connectivity index (χ2n) is 7.43. The summed E-state index contributed by atoms with van der Waals surface area (Å²) in [7, 11) is 1.62. The number of piperazine rings is 1. The Morgan fingerprint density at radius 2 is 1.84 bits per heavy atom. The minimum atomic E-state index is -0.675. The lowest BCUT2D eigenvalue weighted by molar-refractivity contribution is -0.147. The number of hydroxylamine groups is 2. The summed E-state index contributed by atoms with van der Waals surface area (Å²) in [6.45, 7) is 4.33. The zero-order chi connectivity index (χ0) is 22.2. The average Bonchev–Trinajstić information content (AvgIpc) is 2.84. The first kappa shape index (κ1) is 21.9. The predicted molar refractivity (Wildman–Crippen MR) is 120 cm³/mol. The van der Waals surface area contributed by atoms with Crippen molar-refractivity contribution in [2.75, 3.05) is 46.4 Å². The van der Waals surface area contributed by atoms with Gasteiger partial charge in [0.25, 0.3) is 0 Å². The second kappa shape index (κ2) is 10.8. The number of aromatic nitrogens is 1. The van der Waals surface area contributed by atoms with E-state index in [1.807, 2.05) is 54.6 Å². The smallest absolute Gasteiger partial charge is 0.495 e. The van der Waals surface area contributed by atoms with Crippen LogP contribution in [0.4, 0.5) is 4.79 Å². The molecular weight excluding hydrogens is 410 g/mol. The molecule has 2 aromatic carbocycles. The van der Waals surface area contributed by atoms with Crippen LogP contribution in [0.5, 0.6) is 11.5 Å². The molecule has 0 amide bonds. The van der Waals surface area contributed by atoms with Gasteiger partial charge in [-0.05, 0) is 23.8 Å². The standard InChI is InChI=1S/C24H27N3O5/c1-29-20-16-21-22(25-17-20)8-5-9-23(21)30-15-14-26-10-12-27(13-11-26)32-24(28)31-18-19-6-3-2-4-7-19/h2-9,16-17H,10-15,18H2,1H3. The molecule has 0 unspecified atom stereocenters. The first-order valence-corrected chi connectivity index (χ1v) is 10.6. The molecule has 1 aliphatic heterocycles. The van der Waals surface area contributed by atoms with Crippen LogP contribution in [0.1, 0.15) is 5.56 Å². The number of pyridine rings is 1. The highest BCUT2D eigenvalue weighted by Gasteiger charge is 2.21. The van der Waals surface area contributed by atoms with E-state index in [4.69, 9.17) is 19.0 Å². The van der Waals surface area contributed by atoms with Crippen LogP contribution in [-0.4, -0.2) is 67.5 Å². The molecular formula is C24H27N3O5. The zero-order valence-electron chi connectivity index (χ0n) is 18.1. The first-order chi connectivity index (χ1) is 15.7. The number of hydrogen-bond donors (Lipinski definition) is 0. The van der Waals surface area contributed by atoms with Gasteiger partial charge in [-0.15, -0.1) is 5.06 Å². The molecule has 0 aliphatic carbocycles. The Bertz CT molecular complexity index is 1020. The third kappa shape index (κ3) is 5.87. The van der Waals surface area contributed by atoms with Crippen molar-refractivity contribution >= 4 is 17.1 Å². The van der Waals surface area contributed by atoms with E-state index in [0.29, 0.717) is 25.4 Å². The number of benzene rings is 2. The highest BCUT2D eigenvalue weighted by molar-refractivity contribution is 5.86. The molecule has 0 atom stereocenters. The molecule has 8 nitrogen and oxygen atoms in total. The Morgan fingerprint density at radius 3 is 2.62 bits per heavy atom. The maximum Gasteiger partial charge on any atom is 0.528 e. The van der Waals surface area contributed by atoms with Crippen LogP contribution in [0.2, 0.25) is 0 Å². The van der Waals surface area contributed by atoms with Crippen molar-refractivity contribution in [2.45, 2.75) is 6.61 Å². The van der Waals surface area contributed by atoms with E-state index in [1.165, 1.54) is 0 Å². The number of carbonyl (C=O) groups is 1. The molecule has 1 aromatic heterocycles. The maximum atomic E-state index is 11.9. The molecule has 0 radical (unpaired) electrons. The van der Waals surface area contributed by atoms with Gasteiger partial charge in [-0.2, -0.15) is 0 Å². The highest BCUT2D eigenvalue weighted by Crippen LogP contribution is 2.27. The Balaban J connectivity index is 1.18. The number of carbonyl (C=O) groups excluding carboxylic acids is 1. The largest absolute Gasteiger partial charge is 0.528 e. The molecule has 1 aliphatic rings. The SMILES string of the molecule is COc1cnc2cccc(OCCN3CCN(OC(=O)OCc4ccccc4)CC3)c2c1. The monoisotopic (exact) mass is 437 g/mol. The van der Waals surface area contributed by atoms with Crippen LogP contribution in [0.15, 0.2) is 60.8 Å². The quantitative estimate of drug-likeness (QED) is 0.496. The summed E-state index contributed by atoms with van der Waals surface area (Å²) in [6, 6.07) is 17.3. The van der Waals surface area contributed by atoms with Gasteiger partial charge in [-0.25, -0.2) is 4.79 Å². The molecule has 4 rings (SSSR count). The summed E-state index contributed by atoms with van der Waals surface area (Å²) in [6.07, 6.45) is 1.02. The Hall–Kier alpha value is -3.36. The van der Waals surface area contributed by atoms with Gasteiger partial charge >= 0.3 is 6.16 Å². The van der Waals surface area contributed by atoms with Crippen LogP contribution in [0.25, 0.3) is 10.9 Å². The summed E-state index contributed by atoms with van der Waals surface area (Å²) < 4.78 is 16.5. The topological polar surface area (TPSA) is 73.4 Å². The molecule has 0 spiro atoms. The van der Waals surface area contributed by atoms with E-state index < -0.39 is 6.16 Å². The Labute approximate surface area is 187 Å². The number of methoxy groups -OCH3 is 1. The van der Waals surface area contributed by atoms with E-state index >= 15 is 0 Å². The van der Waals surface area contributed by atoms with Gasteiger partial charge in [0.05, 0.1) is 18.8 Å². The van der Waals surface area contributed by atoms with E-state index in [0.717, 1.165) is 41.9 Å². The lowest BCUT2D eigenvalue weighted by Crippen LogP contribution is -2.48. The second-order valence-corrected chi connectivity index (χ2v) is 7.43. The normalized spacial score (nSPS) is 14.8. The minimum Gasteiger partial charge on any atom is -0.495 e. The maximum absolute atomic E-state index is 11.9. The lowest BCUT2D eigenvalue weighted by atomic mass is 10.2. The van der Waals surface area contributed by atoms with E-state index in [9.17, 15) is 4.79 Å². The number of fused-ring (bicyclic) bond motifs is 1. The van der Waals surface area contributed by atoms with Gasteiger partial charge < -0.3 is 19.0 Å². The molecule has 1 saturated heterocycles. The third-order valence-electron chi connectivity index (χ3n) is 5.30. The van der Waals surface area contributed by atoms with Crippen LogP contribution < -0.4 is 9.47 Å². The molecule has 8 heteroatoms. The van der Waals surface area contributed by atoms with Crippen molar-refractivity contribution in [3.05, 3.63) is 66.4 Å². The Kier molecular flexibility index (Phi) is 7.37. The molecule has 168 valence electrons. The van der Waals surface area contributed by atoms with Crippen molar-refractivity contribution in [1.29, 1.82) is 0 Å². The van der Waals surface area contributed by atoms with Gasteiger partial charge in [0.2, 0.25) is 0 Å². The van der Waals surface area contributed by atoms with Crippen molar-refractivity contribution in [1.82, 2.24) is 14.9 Å². The van der Waals surface area contributed by atoms with Crippen molar-refractivity contribution in [3.8, 4) is 11.5 Å². The molecule has 1 fully saturated rings. The average molecular weight is 437 g/mol. The molecule has 2 heterocycles. The van der Waals surface area contributed by atoms with Crippen LogP contribution in [0, 0.1) is 0 Å². The van der Waals surface area contributed by atoms with Crippen LogP contribution >= 0.6 is 0 Å². The van der Waals surface area contributed by atoms with E-state index in [2.05, 4.69) is 9.88 Å². The fraction of sp³-hybridized carbons (Fsp3) is 0.333. The fourth-order valence-corrected chi connectivity index (χ4v) is 3.52. The van der Waals surface area contributed by atoms with Gasteiger partial charge in [0.1, 0.15) is 24.7 Å². The molecule has 0 saturated carbocycles. The summed E-state index contributed by atoms with van der Waals surface area (Å²) in [4.78, 5) is 23.9. The minimum absolute atomic E-state index is 0.201. The molecule has 0 N–H and O–H groups in total. The summed E-state index contributed by atoms with van der Waals surface area (Å²) >= 11 is 0. The van der Waals surface area contributed by atoms with Crippen molar-refractivity contribution in [3.63, 3.8) is 0 Å². The van der Waals surface area contributed by atoms with Gasteiger partial charge in [-0.3, -0.25) is 9.88 Å². The zero-order valence-corrected chi connectivity index (χ0v) is 18.1. The van der Waals surface area contributed by atoms with Gasteiger partial charge in [0.15, 0.2) is 0 Å². The number of ether oxygens (including phenoxy) is 3. The van der Waals surface area contributed by atoms with Crippen molar-refractivity contribution < 1.29 is 23.8 Å². The number of hydrogen-bond acceptors (Lipinski definition) is 8. The molecule has 3 aromatic rings. The summed E-state index contributed by atoms with van der Waals surface area (Å²) in [5.41, 5.74) is 1.79. The molecule has 0 bridgehead atoms. The summed E-state index contributed by atoms with van der Waals surface area (Å²) in [5.74, 6) is 1.49. The predicted octanol–water partition coefficient (Wildman–Crippen LogP) is 3.51. The van der Waals surface area contributed by atoms with Crippen LogP contribution in [-0.2, 0) is 16.2 Å². The first-order valence-electron chi connectivity index (χ1n) is 10.6. The van der Waals surface area contributed by atoms with Crippen molar-refractivity contribution in [2.24, 2.45) is 0 Å². The van der Waals surface area contributed by atoms with E-state index in [-0.39, 0.29) is 6.61 Å². The fourth-order valence-electron chi connectivity index (χ4n) is 3.52. The number of nitrogens with zero attached hydrogens (tertiary/aromatic N) is 3. The highest BCUT2D eigenvalue weighted by atomic mass is 16.8. The van der Waals surface area contributed by atoms with Gasteiger partial charge in [0, 0.05) is 38.1 Å². The third-order valence-corrected chi connectivity index (χ3v) is 5.30. The van der Waals surface area contributed by atoms with E-state index in [1.54, 1.807) is 18.4 Å².